The number of rotatable bonds is 3. The molecular formula is C24H26N2O2. The van der Waals surface area contributed by atoms with Gasteiger partial charge in [0.2, 0.25) is 5.91 Å². The zero-order valence-electron chi connectivity index (χ0n) is 16.1. The van der Waals surface area contributed by atoms with E-state index in [0.717, 1.165) is 68.6 Å². The van der Waals surface area contributed by atoms with E-state index < -0.39 is 0 Å². The number of carbonyl (C=O) groups excluding carboxylic acids is 1. The highest BCUT2D eigenvalue weighted by molar-refractivity contribution is 5.88. The molecule has 4 heteroatoms. The predicted molar refractivity (Wildman–Crippen MR) is 109 cm³/mol. The lowest BCUT2D eigenvalue weighted by atomic mass is 9.77. The number of piperidine rings is 1. The lowest BCUT2D eigenvalue weighted by molar-refractivity contribution is -0.138. The van der Waals surface area contributed by atoms with Gasteiger partial charge in [0.05, 0.1) is 5.41 Å². The van der Waals surface area contributed by atoms with Crippen molar-refractivity contribution in [1.82, 2.24) is 9.88 Å². The monoisotopic (exact) mass is 374 g/mol. The van der Waals surface area contributed by atoms with E-state index in [9.17, 15) is 4.79 Å². The van der Waals surface area contributed by atoms with Crippen molar-refractivity contribution in [3.05, 3.63) is 66.1 Å². The van der Waals surface area contributed by atoms with Crippen LogP contribution in [0, 0.1) is 0 Å². The van der Waals surface area contributed by atoms with Crippen molar-refractivity contribution in [3.8, 4) is 0 Å². The minimum absolute atomic E-state index is 0.299. The first kappa shape index (κ1) is 17.5. The molecule has 0 spiro atoms. The van der Waals surface area contributed by atoms with E-state index in [-0.39, 0.29) is 5.41 Å². The number of oxazole rings is 1. The summed E-state index contributed by atoms with van der Waals surface area (Å²) in [5.74, 6) is 1.45. The Morgan fingerprint density at radius 2 is 1.64 bits per heavy atom. The van der Waals surface area contributed by atoms with Gasteiger partial charge in [-0.2, -0.15) is 0 Å². The smallest absolute Gasteiger partial charge is 0.233 e. The van der Waals surface area contributed by atoms with Gasteiger partial charge in [0, 0.05) is 19.0 Å². The Morgan fingerprint density at radius 1 is 0.964 bits per heavy atom. The highest BCUT2D eigenvalue weighted by atomic mass is 16.3. The molecule has 2 heterocycles. The van der Waals surface area contributed by atoms with Crippen LogP contribution in [-0.4, -0.2) is 28.9 Å². The minimum Gasteiger partial charge on any atom is -0.440 e. The Balaban J connectivity index is 1.32. The lowest BCUT2D eigenvalue weighted by Crippen LogP contribution is -2.48. The van der Waals surface area contributed by atoms with Crippen molar-refractivity contribution >= 4 is 17.0 Å². The number of benzene rings is 2. The zero-order chi connectivity index (χ0) is 19.0. The molecule has 1 aliphatic carbocycles. The molecule has 2 fully saturated rings. The third-order valence-corrected chi connectivity index (χ3v) is 6.63. The van der Waals surface area contributed by atoms with Gasteiger partial charge in [-0.15, -0.1) is 0 Å². The van der Waals surface area contributed by atoms with Crippen LogP contribution in [0.5, 0.6) is 0 Å². The largest absolute Gasteiger partial charge is 0.440 e. The molecule has 0 unspecified atom stereocenters. The fourth-order valence-corrected chi connectivity index (χ4v) is 5.06. The Bertz CT molecular complexity index is 931. The van der Waals surface area contributed by atoms with Crippen LogP contribution >= 0.6 is 0 Å². The number of carbonyl (C=O) groups is 1. The van der Waals surface area contributed by atoms with Crippen molar-refractivity contribution in [1.29, 1.82) is 0 Å². The summed E-state index contributed by atoms with van der Waals surface area (Å²) < 4.78 is 5.98. The van der Waals surface area contributed by atoms with E-state index in [1.165, 1.54) is 5.56 Å². The quantitative estimate of drug-likeness (QED) is 0.645. The predicted octanol–water partition coefficient (Wildman–Crippen LogP) is 5.05. The van der Waals surface area contributed by atoms with Crippen molar-refractivity contribution in [2.75, 3.05) is 13.1 Å². The molecule has 1 amide bonds. The number of fused-ring (bicyclic) bond motifs is 1. The molecule has 144 valence electrons. The molecule has 1 aromatic heterocycles. The zero-order valence-corrected chi connectivity index (χ0v) is 16.1. The second-order valence-electron chi connectivity index (χ2n) is 8.24. The van der Waals surface area contributed by atoms with Crippen LogP contribution in [0.25, 0.3) is 11.1 Å². The maximum Gasteiger partial charge on any atom is 0.233 e. The molecule has 1 saturated heterocycles. The summed E-state index contributed by atoms with van der Waals surface area (Å²) in [6.45, 7) is 1.58. The fourth-order valence-electron chi connectivity index (χ4n) is 5.06. The molecule has 28 heavy (non-hydrogen) atoms. The van der Waals surface area contributed by atoms with E-state index in [4.69, 9.17) is 4.42 Å². The molecule has 5 rings (SSSR count). The Labute approximate surface area is 165 Å². The van der Waals surface area contributed by atoms with Gasteiger partial charge in [-0.05, 0) is 43.4 Å². The second kappa shape index (κ2) is 7.08. The highest BCUT2D eigenvalue weighted by Crippen LogP contribution is 2.43. The van der Waals surface area contributed by atoms with Crippen molar-refractivity contribution in [2.24, 2.45) is 0 Å². The number of para-hydroxylation sites is 2. The molecular weight excluding hydrogens is 348 g/mol. The lowest BCUT2D eigenvalue weighted by Gasteiger charge is -2.38. The minimum atomic E-state index is -0.314. The number of likely N-dealkylation sites (tertiary alicyclic amines) is 1. The van der Waals surface area contributed by atoms with Crippen molar-refractivity contribution in [3.63, 3.8) is 0 Å². The van der Waals surface area contributed by atoms with E-state index in [1.54, 1.807) is 0 Å². The molecule has 4 nitrogen and oxygen atoms in total. The Hall–Kier alpha value is -2.62. The summed E-state index contributed by atoms with van der Waals surface area (Å²) >= 11 is 0. The summed E-state index contributed by atoms with van der Waals surface area (Å²) in [5.41, 5.74) is 2.65. The van der Waals surface area contributed by atoms with Crippen LogP contribution in [-0.2, 0) is 10.2 Å². The fraction of sp³-hybridized carbons (Fsp3) is 0.417. The molecule has 2 aromatic carbocycles. The normalized spacial score (nSPS) is 19.9. The van der Waals surface area contributed by atoms with Crippen LogP contribution in [0.3, 0.4) is 0 Å². The SMILES string of the molecule is O=C(N1CCC(c2nc3ccccc3o2)CC1)C1(c2ccccc2)CCCC1. The average molecular weight is 374 g/mol. The number of amides is 1. The molecule has 1 aliphatic heterocycles. The summed E-state index contributed by atoms with van der Waals surface area (Å²) in [5, 5.41) is 0. The van der Waals surface area contributed by atoms with Gasteiger partial charge >= 0.3 is 0 Å². The Kier molecular flexibility index (Phi) is 4.42. The van der Waals surface area contributed by atoms with Crippen LogP contribution in [0.2, 0.25) is 0 Å². The second-order valence-corrected chi connectivity index (χ2v) is 8.24. The maximum absolute atomic E-state index is 13.6. The van der Waals surface area contributed by atoms with E-state index in [0.29, 0.717) is 11.8 Å². The molecule has 0 radical (unpaired) electrons. The summed E-state index contributed by atoms with van der Waals surface area (Å²) in [4.78, 5) is 20.4. The first-order valence-electron chi connectivity index (χ1n) is 10.5. The summed E-state index contributed by atoms with van der Waals surface area (Å²) in [6.07, 6.45) is 6.06. The number of aromatic nitrogens is 1. The number of nitrogens with zero attached hydrogens (tertiary/aromatic N) is 2. The van der Waals surface area contributed by atoms with Gasteiger partial charge in [-0.3, -0.25) is 4.79 Å². The van der Waals surface area contributed by atoms with Crippen LogP contribution < -0.4 is 0 Å². The molecule has 0 N–H and O–H groups in total. The molecule has 0 bridgehead atoms. The van der Waals surface area contributed by atoms with Crippen LogP contribution in [0.4, 0.5) is 0 Å². The van der Waals surface area contributed by atoms with Gasteiger partial charge in [-0.25, -0.2) is 4.98 Å². The van der Waals surface area contributed by atoms with Gasteiger partial charge in [-0.1, -0.05) is 55.3 Å². The molecule has 0 atom stereocenters. The molecule has 3 aromatic rings. The van der Waals surface area contributed by atoms with E-state index >= 15 is 0 Å². The van der Waals surface area contributed by atoms with Gasteiger partial charge < -0.3 is 9.32 Å². The first-order chi connectivity index (χ1) is 13.8. The summed E-state index contributed by atoms with van der Waals surface area (Å²) in [6, 6.07) is 18.3. The highest BCUT2D eigenvalue weighted by Gasteiger charge is 2.45. The molecule has 2 aliphatic rings. The van der Waals surface area contributed by atoms with Crippen LogP contribution in [0.1, 0.15) is 55.9 Å². The maximum atomic E-state index is 13.6. The number of hydrogen-bond donors (Lipinski definition) is 0. The average Bonchev–Trinajstić information content (AvgIpc) is 3.42. The van der Waals surface area contributed by atoms with Gasteiger partial charge in [0.1, 0.15) is 5.52 Å². The third-order valence-electron chi connectivity index (χ3n) is 6.63. The van der Waals surface area contributed by atoms with E-state index in [2.05, 4.69) is 34.1 Å². The Morgan fingerprint density at radius 3 is 2.36 bits per heavy atom. The molecule has 1 saturated carbocycles. The van der Waals surface area contributed by atoms with Gasteiger partial charge in [0.25, 0.3) is 0 Å². The van der Waals surface area contributed by atoms with Crippen molar-refractivity contribution in [2.45, 2.75) is 49.9 Å². The van der Waals surface area contributed by atoms with Gasteiger partial charge in [0.15, 0.2) is 11.5 Å². The van der Waals surface area contributed by atoms with E-state index in [1.807, 2.05) is 30.3 Å². The van der Waals surface area contributed by atoms with Crippen molar-refractivity contribution < 1.29 is 9.21 Å². The summed E-state index contributed by atoms with van der Waals surface area (Å²) in [7, 11) is 0. The third kappa shape index (κ3) is 2.92. The van der Waals surface area contributed by atoms with Crippen LogP contribution in [0.15, 0.2) is 59.0 Å². The standard InChI is InChI=1S/C24H26N2O2/c27-23(24(14-6-7-15-24)19-8-2-1-3-9-19)26-16-12-18(13-17-26)22-25-20-10-4-5-11-21(20)28-22/h1-5,8-11,18H,6-7,12-17H2. The topological polar surface area (TPSA) is 46.3 Å². The number of hydrogen-bond acceptors (Lipinski definition) is 3. The first-order valence-corrected chi connectivity index (χ1v) is 10.5.